The lowest BCUT2D eigenvalue weighted by Gasteiger charge is -2.34. The number of ether oxygens (including phenoxy) is 17. The van der Waals surface area contributed by atoms with Gasteiger partial charge >= 0.3 is 11.9 Å². The Bertz CT molecular complexity index is 3030. The predicted octanol–water partition coefficient (Wildman–Crippen LogP) is 6.42. The van der Waals surface area contributed by atoms with Crippen molar-refractivity contribution >= 4 is 29.7 Å². The van der Waals surface area contributed by atoms with E-state index < -0.39 is 176 Å². The number of imide groups is 1. The van der Waals surface area contributed by atoms with E-state index in [0.717, 1.165) is 0 Å². The van der Waals surface area contributed by atoms with Crippen molar-refractivity contribution in [2.24, 2.45) is 0 Å². The third kappa shape index (κ3) is 31.5. The summed E-state index contributed by atoms with van der Waals surface area (Å²) in [5.74, 6) is -27.8. The number of nitrogens with one attached hydrogen (secondary N) is 1. The van der Waals surface area contributed by atoms with Gasteiger partial charge in [-0.2, -0.15) is 17.6 Å². The van der Waals surface area contributed by atoms with E-state index in [0.29, 0.717) is 123 Å². The van der Waals surface area contributed by atoms with Crippen molar-refractivity contribution in [2.45, 2.75) is 37.3 Å². The molecule has 4 aromatic rings. The highest BCUT2D eigenvalue weighted by molar-refractivity contribution is 6.21. The number of hydrogen-bond donors (Lipinski definition) is 2. The van der Waals surface area contributed by atoms with E-state index in [9.17, 15) is 77.4 Å². The third-order valence-electron chi connectivity index (χ3n) is 13.9. The Morgan fingerprint density at radius 1 is 0.373 bits per heavy atom. The highest BCUT2D eigenvalue weighted by Crippen LogP contribution is 2.29. The summed E-state index contributed by atoms with van der Waals surface area (Å²) >= 11 is 0. The number of carbonyl (C=O) groups excluding carboxylic acids is 5. The van der Waals surface area contributed by atoms with Gasteiger partial charge in [0.15, 0.2) is 34.9 Å². The maximum Gasteiger partial charge on any atom is 0.313 e. The van der Waals surface area contributed by atoms with E-state index in [1.165, 1.54) is 4.90 Å². The Morgan fingerprint density at radius 2 is 0.667 bits per heavy atom. The molecule has 36 heteroatoms. The maximum atomic E-state index is 14.5. The number of hydrogen-bond acceptors (Lipinski definition) is 23. The summed E-state index contributed by atoms with van der Waals surface area (Å²) in [5.41, 5.74) is -1.78. The summed E-state index contributed by atoms with van der Waals surface area (Å²) in [4.78, 5) is 64.5. The number of amides is 3. The predicted molar refractivity (Wildman–Crippen MR) is 329 cm³/mol. The van der Waals surface area contributed by atoms with Crippen LogP contribution in [0.15, 0.2) is 48.5 Å². The number of halogens is 11. The van der Waals surface area contributed by atoms with Crippen LogP contribution >= 0.6 is 0 Å². The van der Waals surface area contributed by atoms with Crippen LogP contribution in [0.3, 0.4) is 0 Å². The minimum absolute atomic E-state index is 0.0158. The zero-order valence-electron chi connectivity index (χ0n) is 55.5. The summed E-state index contributed by atoms with van der Waals surface area (Å²) in [6, 6.07) is 7.07. The van der Waals surface area contributed by atoms with Gasteiger partial charge in [-0.25, -0.2) is 30.7 Å². The first-order valence-corrected chi connectivity index (χ1v) is 32.1. The van der Waals surface area contributed by atoms with E-state index in [1.807, 2.05) is 0 Å². The van der Waals surface area contributed by atoms with E-state index in [4.69, 9.17) is 71.1 Å². The van der Waals surface area contributed by atoms with Gasteiger partial charge in [0.25, 0.3) is 11.8 Å². The number of fused-ring (bicyclic) bond motifs is 1. The lowest BCUT2D eigenvalue weighted by Crippen LogP contribution is -2.59. The van der Waals surface area contributed by atoms with Crippen molar-refractivity contribution in [1.29, 1.82) is 0 Å². The number of esters is 2. The molecule has 0 saturated carbocycles. The molecule has 1 aliphatic rings. The van der Waals surface area contributed by atoms with Gasteiger partial charge in [-0.3, -0.25) is 28.9 Å². The zero-order chi connectivity index (χ0) is 73.9. The zero-order valence-corrected chi connectivity index (χ0v) is 55.5. The lowest BCUT2D eigenvalue weighted by atomic mass is 10.0. The molecule has 102 heavy (non-hydrogen) atoms. The highest BCUT2D eigenvalue weighted by Gasteiger charge is 2.36. The first-order chi connectivity index (χ1) is 49.2. The fraction of sp³-hybridized carbons (Fsp3) is 0.561. The Kier molecular flexibility index (Phi) is 41.0. The third-order valence-corrected chi connectivity index (χ3v) is 13.9. The summed E-state index contributed by atoms with van der Waals surface area (Å²) in [5, 5.41) is 13.2. The minimum atomic E-state index is -2.03. The molecule has 570 valence electrons. The molecule has 1 heterocycles. The number of aliphatic hydroxyl groups excluding tert-OH is 1. The SMILES string of the molecule is O=C(CCOCCOCCOCCOCCOCCOCCOCCOCCOCCOCCOCCOCCN1C(=O)c2ccccc2C1=O)NC(COCCC(=O)Oc1c(F)c(F)cc(F)c1F)(COCCC(=O)Oc1c(F)c(F)cc(F)c1F)COCCC(O)c1cc(F)c(F)cc1F. The monoisotopic (exact) mass is 1480 g/mol. The van der Waals surface area contributed by atoms with Crippen LogP contribution in [0.25, 0.3) is 0 Å². The standard InChI is InChI=1S/C66H81F11N2O23/c67-47-38-49(69)48(68)37-46(47)54(80)5-10-98-41-66(42-99-12-7-56(82)101-62-58(74)50(70)39-51(71)59(62)75,43-100-13-8-57(83)102-63-60(76)52(72)40-53(73)61(63)77)78-55(81)6-11-86-15-17-88-19-21-90-23-25-92-27-29-94-31-33-96-35-36-97-34-32-95-30-28-93-26-24-91-22-20-89-18-16-87-14-9-79-64(84)44-3-1-2-4-45(44)65(79)85/h1-4,37-40,54,80H,5-36,41-43H2,(H,78,81). The van der Waals surface area contributed by atoms with E-state index in [2.05, 4.69) is 14.8 Å². The van der Waals surface area contributed by atoms with Gasteiger partial charge in [0.1, 0.15) is 11.4 Å². The molecule has 3 amide bonds. The van der Waals surface area contributed by atoms with Crippen molar-refractivity contribution < 1.29 is 158 Å². The molecular formula is C66H81F11N2O23. The van der Waals surface area contributed by atoms with Crippen LogP contribution in [-0.4, -0.2) is 250 Å². The Hall–Kier alpha value is -6.98. The van der Waals surface area contributed by atoms with Crippen LogP contribution in [0.1, 0.15) is 58.1 Å². The molecule has 25 nitrogen and oxygen atoms in total. The van der Waals surface area contributed by atoms with Gasteiger partial charge in [0.05, 0.1) is 228 Å². The summed E-state index contributed by atoms with van der Waals surface area (Å²) in [6.45, 7) is 2.77. The van der Waals surface area contributed by atoms with Gasteiger partial charge < -0.3 is 90.9 Å². The van der Waals surface area contributed by atoms with Crippen LogP contribution in [0, 0.1) is 64.0 Å². The van der Waals surface area contributed by atoms with Crippen molar-refractivity contribution in [2.75, 3.05) is 205 Å². The average molecular weight is 1480 g/mol. The lowest BCUT2D eigenvalue weighted by molar-refractivity contribution is -0.138. The molecule has 0 spiro atoms. The first-order valence-electron chi connectivity index (χ1n) is 32.1. The summed E-state index contributed by atoms with van der Waals surface area (Å²) in [6.07, 6.45) is -4.41. The smallest absolute Gasteiger partial charge is 0.313 e. The van der Waals surface area contributed by atoms with Gasteiger partial charge in [-0.1, -0.05) is 12.1 Å². The number of rotatable bonds is 58. The number of aliphatic hydroxyl groups is 1. The van der Waals surface area contributed by atoms with Crippen LogP contribution in [-0.2, 0) is 85.4 Å². The fourth-order valence-corrected chi connectivity index (χ4v) is 8.74. The van der Waals surface area contributed by atoms with Gasteiger partial charge in [-0.05, 0) is 18.2 Å². The molecule has 0 fully saturated rings. The van der Waals surface area contributed by atoms with Crippen LogP contribution in [0.4, 0.5) is 48.3 Å². The molecule has 0 aliphatic carbocycles. The number of nitrogens with zero attached hydrogens (tertiary/aromatic N) is 1. The second-order valence-electron chi connectivity index (χ2n) is 21.5. The van der Waals surface area contributed by atoms with E-state index >= 15 is 0 Å². The Labute approximate surface area is 579 Å². The maximum absolute atomic E-state index is 14.5. The number of benzene rings is 4. The van der Waals surface area contributed by atoms with Crippen molar-refractivity contribution in [3.63, 3.8) is 0 Å². The van der Waals surface area contributed by atoms with Crippen LogP contribution in [0.2, 0.25) is 0 Å². The first kappa shape index (κ1) is 85.7. The molecule has 4 aromatic carbocycles. The van der Waals surface area contributed by atoms with Crippen molar-refractivity contribution in [3.05, 3.63) is 129 Å². The average Bonchev–Trinajstić information content (AvgIpc) is 1.54. The van der Waals surface area contributed by atoms with Gasteiger partial charge in [-0.15, -0.1) is 0 Å². The fourth-order valence-electron chi connectivity index (χ4n) is 8.74. The molecule has 1 atom stereocenters. The Morgan fingerprint density at radius 3 is 1.02 bits per heavy atom. The summed E-state index contributed by atoms with van der Waals surface area (Å²) in [7, 11) is 0. The largest absolute Gasteiger partial charge is 0.420 e. The minimum Gasteiger partial charge on any atom is -0.420 e. The van der Waals surface area contributed by atoms with Crippen molar-refractivity contribution in [3.8, 4) is 11.5 Å². The van der Waals surface area contributed by atoms with Crippen molar-refractivity contribution in [1.82, 2.24) is 10.2 Å². The molecule has 5 rings (SSSR count). The molecule has 1 aliphatic heterocycles. The normalized spacial score (nSPS) is 12.6. The molecule has 1 unspecified atom stereocenters. The van der Waals surface area contributed by atoms with Gasteiger partial charge in [0.2, 0.25) is 40.7 Å². The molecule has 0 bridgehead atoms. The second-order valence-corrected chi connectivity index (χ2v) is 21.5. The van der Waals surface area contributed by atoms with E-state index in [-0.39, 0.29) is 89.4 Å². The van der Waals surface area contributed by atoms with Crippen LogP contribution < -0.4 is 14.8 Å². The summed E-state index contributed by atoms with van der Waals surface area (Å²) < 4.78 is 246. The highest BCUT2D eigenvalue weighted by atomic mass is 19.2. The van der Waals surface area contributed by atoms with Gasteiger partial charge in [0, 0.05) is 43.2 Å². The second kappa shape index (κ2) is 48.9. The molecule has 0 aromatic heterocycles. The van der Waals surface area contributed by atoms with Crippen LogP contribution in [0.5, 0.6) is 11.5 Å². The molecule has 2 N–H and O–H groups in total. The molecule has 0 saturated heterocycles. The molecular weight excluding hydrogens is 1400 g/mol. The molecule has 0 radical (unpaired) electrons. The number of carbonyl (C=O) groups is 5. The quantitative estimate of drug-likeness (QED) is 0.0120. The topological polar surface area (TPSA) is 278 Å². The van der Waals surface area contributed by atoms with E-state index in [1.54, 1.807) is 24.3 Å². The Balaban J connectivity index is 0.878.